The number of aryl methyl sites for hydroxylation is 1. The number of hydrogen-bond donors (Lipinski definition) is 2. The van der Waals surface area contributed by atoms with Crippen molar-refractivity contribution >= 4 is 15.8 Å². The number of carboxylic acid groups (broad SMARTS) is 1. The highest BCUT2D eigenvalue weighted by Gasteiger charge is 2.20. The van der Waals surface area contributed by atoms with Gasteiger partial charge in [-0.25, -0.2) is 8.42 Å². The SMILES string of the molecule is Cc1cc(S(C)(=O)=O)cc(C(N)C(=O)O)c1C. The van der Waals surface area contributed by atoms with Crippen LogP contribution in [0.2, 0.25) is 0 Å². The van der Waals surface area contributed by atoms with Gasteiger partial charge in [-0.2, -0.15) is 0 Å². The molecule has 0 fully saturated rings. The number of nitrogens with two attached hydrogens (primary N) is 1. The summed E-state index contributed by atoms with van der Waals surface area (Å²) < 4.78 is 22.9. The third-order valence-corrected chi connectivity index (χ3v) is 3.80. The van der Waals surface area contributed by atoms with Crippen molar-refractivity contribution < 1.29 is 18.3 Å². The third kappa shape index (κ3) is 2.83. The minimum atomic E-state index is -3.37. The first-order chi connectivity index (χ1) is 7.64. The Balaban J connectivity index is 3.51. The fourth-order valence-electron chi connectivity index (χ4n) is 1.52. The normalized spacial score (nSPS) is 13.4. The molecular weight excluding hydrogens is 242 g/mol. The van der Waals surface area contributed by atoms with E-state index < -0.39 is 21.8 Å². The fourth-order valence-corrected chi connectivity index (χ4v) is 2.25. The summed E-state index contributed by atoms with van der Waals surface area (Å²) in [5.41, 5.74) is 7.27. The van der Waals surface area contributed by atoms with E-state index in [1.807, 2.05) is 0 Å². The molecule has 3 N–H and O–H groups in total. The Morgan fingerprint density at radius 3 is 2.29 bits per heavy atom. The standard InChI is InChI=1S/C11H15NO4S/c1-6-4-8(17(3,15)16)5-9(7(6)2)10(12)11(13)14/h4-5,10H,12H2,1-3H3,(H,13,14). The molecule has 0 aliphatic rings. The van der Waals surface area contributed by atoms with Gasteiger partial charge < -0.3 is 10.8 Å². The van der Waals surface area contributed by atoms with Crippen LogP contribution in [0.15, 0.2) is 17.0 Å². The molecule has 0 aromatic heterocycles. The number of aliphatic carboxylic acids is 1. The molecule has 6 heteroatoms. The van der Waals surface area contributed by atoms with E-state index in [1.165, 1.54) is 12.1 Å². The van der Waals surface area contributed by atoms with Gasteiger partial charge in [0.1, 0.15) is 6.04 Å². The van der Waals surface area contributed by atoms with Crippen LogP contribution in [0, 0.1) is 13.8 Å². The van der Waals surface area contributed by atoms with Gasteiger partial charge in [0.25, 0.3) is 0 Å². The van der Waals surface area contributed by atoms with Gasteiger partial charge in [0.15, 0.2) is 9.84 Å². The molecule has 5 nitrogen and oxygen atoms in total. The monoisotopic (exact) mass is 257 g/mol. The molecule has 0 saturated carbocycles. The van der Waals surface area contributed by atoms with E-state index in [-0.39, 0.29) is 4.90 Å². The first-order valence-corrected chi connectivity index (χ1v) is 6.83. The summed E-state index contributed by atoms with van der Waals surface area (Å²) in [5.74, 6) is -1.18. The second kappa shape index (κ2) is 4.46. The van der Waals surface area contributed by atoms with E-state index in [0.717, 1.165) is 6.26 Å². The minimum Gasteiger partial charge on any atom is -0.480 e. The summed E-state index contributed by atoms with van der Waals surface area (Å²) in [6, 6.07) is 1.63. The number of sulfone groups is 1. The fraction of sp³-hybridized carbons (Fsp3) is 0.364. The molecule has 17 heavy (non-hydrogen) atoms. The van der Waals surface area contributed by atoms with Crippen molar-refractivity contribution in [2.24, 2.45) is 5.73 Å². The van der Waals surface area contributed by atoms with Crippen molar-refractivity contribution in [2.75, 3.05) is 6.26 Å². The van der Waals surface area contributed by atoms with Gasteiger partial charge in [0, 0.05) is 6.26 Å². The van der Waals surface area contributed by atoms with Crippen LogP contribution in [0.3, 0.4) is 0 Å². The molecule has 0 bridgehead atoms. The van der Waals surface area contributed by atoms with Crippen molar-refractivity contribution in [3.05, 3.63) is 28.8 Å². The number of carbonyl (C=O) groups is 1. The van der Waals surface area contributed by atoms with Gasteiger partial charge in [-0.1, -0.05) is 0 Å². The second-order valence-corrected chi connectivity index (χ2v) is 6.06. The zero-order chi connectivity index (χ0) is 13.4. The van der Waals surface area contributed by atoms with Crippen LogP contribution >= 0.6 is 0 Å². The summed E-state index contributed by atoms with van der Waals surface area (Å²) in [6.07, 6.45) is 1.08. The van der Waals surface area contributed by atoms with Crippen molar-refractivity contribution in [2.45, 2.75) is 24.8 Å². The zero-order valence-corrected chi connectivity index (χ0v) is 10.7. The average Bonchev–Trinajstić information content (AvgIpc) is 2.19. The number of hydrogen-bond acceptors (Lipinski definition) is 4. The highest BCUT2D eigenvalue weighted by molar-refractivity contribution is 7.90. The Morgan fingerprint density at radius 1 is 1.35 bits per heavy atom. The molecule has 0 aliphatic carbocycles. The average molecular weight is 257 g/mol. The Kier molecular flexibility index (Phi) is 3.59. The lowest BCUT2D eigenvalue weighted by molar-refractivity contribution is -0.138. The molecule has 1 atom stereocenters. The number of benzene rings is 1. The van der Waals surface area contributed by atoms with E-state index in [2.05, 4.69) is 0 Å². The van der Waals surface area contributed by atoms with Crippen molar-refractivity contribution in [3.8, 4) is 0 Å². The highest BCUT2D eigenvalue weighted by atomic mass is 32.2. The molecular formula is C11H15NO4S. The minimum absolute atomic E-state index is 0.0901. The van der Waals surface area contributed by atoms with Gasteiger partial charge in [-0.3, -0.25) is 4.79 Å². The van der Waals surface area contributed by atoms with Crippen LogP contribution in [0.5, 0.6) is 0 Å². The summed E-state index contributed by atoms with van der Waals surface area (Å²) in [4.78, 5) is 10.9. The highest BCUT2D eigenvalue weighted by Crippen LogP contribution is 2.24. The Morgan fingerprint density at radius 2 is 1.88 bits per heavy atom. The predicted molar refractivity (Wildman–Crippen MR) is 63.6 cm³/mol. The van der Waals surface area contributed by atoms with Gasteiger partial charge in [0.2, 0.25) is 0 Å². The van der Waals surface area contributed by atoms with Gasteiger partial charge >= 0.3 is 5.97 Å². The molecule has 0 aliphatic heterocycles. The molecule has 94 valence electrons. The Labute approximate surface area is 100 Å². The van der Waals surface area contributed by atoms with Crippen molar-refractivity contribution in [1.29, 1.82) is 0 Å². The van der Waals surface area contributed by atoms with Crippen LogP contribution in [-0.4, -0.2) is 25.7 Å². The molecule has 0 heterocycles. The first-order valence-electron chi connectivity index (χ1n) is 4.94. The molecule has 0 amide bonds. The molecule has 1 unspecified atom stereocenters. The first kappa shape index (κ1) is 13.7. The molecule has 0 saturated heterocycles. The predicted octanol–water partition coefficient (Wildman–Crippen LogP) is 0.791. The lowest BCUT2D eigenvalue weighted by atomic mass is 9.98. The van der Waals surface area contributed by atoms with Crippen LogP contribution < -0.4 is 5.73 Å². The van der Waals surface area contributed by atoms with E-state index in [0.29, 0.717) is 16.7 Å². The zero-order valence-electron chi connectivity index (χ0n) is 9.89. The lowest BCUT2D eigenvalue weighted by Gasteiger charge is -2.14. The van der Waals surface area contributed by atoms with Crippen LogP contribution in [-0.2, 0) is 14.6 Å². The maximum absolute atomic E-state index is 11.5. The van der Waals surface area contributed by atoms with E-state index in [1.54, 1.807) is 13.8 Å². The topological polar surface area (TPSA) is 97.5 Å². The molecule has 1 rings (SSSR count). The lowest BCUT2D eigenvalue weighted by Crippen LogP contribution is -2.22. The molecule has 0 radical (unpaired) electrons. The third-order valence-electron chi connectivity index (χ3n) is 2.71. The Hall–Kier alpha value is -1.40. The number of carboxylic acids is 1. The van der Waals surface area contributed by atoms with Gasteiger partial charge in [-0.05, 0) is 42.7 Å². The summed E-state index contributed by atoms with van der Waals surface area (Å²) in [7, 11) is -3.37. The van der Waals surface area contributed by atoms with E-state index >= 15 is 0 Å². The largest absolute Gasteiger partial charge is 0.480 e. The maximum atomic E-state index is 11.5. The van der Waals surface area contributed by atoms with E-state index in [9.17, 15) is 13.2 Å². The maximum Gasteiger partial charge on any atom is 0.325 e. The van der Waals surface area contributed by atoms with Crippen molar-refractivity contribution in [1.82, 2.24) is 0 Å². The quantitative estimate of drug-likeness (QED) is 0.834. The van der Waals surface area contributed by atoms with Crippen LogP contribution in [0.4, 0.5) is 0 Å². The van der Waals surface area contributed by atoms with Crippen LogP contribution in [0.1, 0.15) is 22.7 Å². The van der Waals surface area contributed by atoms with Crippen molar-refractivity contribution in [3.63, 3.8) is 0 Å². The smallest absolute Gasteiger partial charge is 0.325 e. The summed E-state index contributed by atoms with van der Waals surface area (Å²) >= 11 is 0. The second-order valence-electron chi connectivity index (χ2n) is 4.04. The summed E-state index contributed by atoms with van der Waals surface area (Å²) in [5, 5.41) is 8.87. The van der Waals surface area contributed by atoms with Gasteiger partial charge in [-0.15, -0.1) is 0 Å². The molecule has 0 spiro atoms. The number of rotatable bonds is 3. The Bertz CT molecular complexity index is 563. The summed E-state index contributed by atoms with van der Waals surface area (Å²) in [6.45, 7) is 3.45. The van der Waals surface area contributed by atoms with E-state index in [4.69, 9.17) is 10.8 Å². The van der Waals surface area contributed by atoms with Crippen LogP contribution in [0.25, 0.3) is 0 Å². The molecule has 1 aromatic rings. The van der Waals surface area contributed by atoms with Gasteiger partial charge in [0.05, 0.1) is 4.90 Å². The molecule has 1 aromatic carbocycles.